The van der Waals surface area contributed by atoms with Crippen molar-refractivity contribution in [3.05, 3.63) is 53.3 Å². The van der Waals surface area contributed by atoms with Crippen LogP contribution in [0.1, 0.15) is 33.9 Å². The van der Waals surface area contributed by atoms with Crippen LogP contribution in [0.3, 0.4) is 0 Å². The summed E-state index contributed by atoms with van der Waals surface area (Å²) in [6, 6.07) is 6.21. The molecule has 0 saturated carbocycles. The third-order valence-electron chi connectivity index (χ3n) is 4.05. The second-order valence-corrected chi connectivity index (χ2v) is 8.25. The number of halogens is 3. The molecule has 0 radical (unpaired) electrons. The van der Waals surface area contributed by atoms with Crippen LogP contribution in [0.5, 0.6) is 0 Å². The SMILES string of the molecule is O=C(NC1CS(=O)(=O)Cc2ccccc21)c1cnn(CCC(F)(F)F)c1. The summed E-state index contributed by atoms with van der Waals surface area (Å²) in [6.45, 7) is -0.391. The van der Waals surface area contributed by atoms with Gasteiger partial charge in [0.1, 0.15) is 0 Å². The second kappa shape index (κ2) is 6.75. The molecule has 2 aromatic rings. The molecule has 0 saturated heterocycles. The number of alkyl halides is 3. The lowest BCUT2D eigenvalue weighted by molar-refractivity contribution is -0.137. The third kappa shape index (κ3) is 4.43. The lowest BCUT2D eigenvalue weighted by Crippen LogP contribution is -2.36. The van der Waals surface area contributed by atoms with Crippen LogP contribution >= 0.6 is 0 Å². The smallest absolute Gasteiger partial charge is 0.344 e. The first-order valence-electron chi connectivity index (χ1n) is 7.81. The maximum atomic E-state index is 12.4. The fourth-order valence-electron chi connectivity index (χ4n) is 2.85. The summed E-state index contributed by atoms with van der Waals surface area (Å²) < 4.78 is 61.9. The molecule has 0 bridgehead atoms. The monoisotopic (exact) mass is 387 g/mol. The molecule has 1 atom stereocenters. The molecule has 6 nitrogen and oxygen atoms in total. The summed E-state index contributed by atoms with van der Waals surface area (Å²) in [6.07, 6.45) is -2.99. The molecule has 2 heterocycles. The van der Waals surface area contributed by atoms with Crippen LogP contribution in [-0.4, -0.2) is 36.0 Å². The number of nitrogens with one attached hydrogen (secondary N) is 1. The number of amides is 1. The van der Waals surface area contributed by atoms with E-state index >= 15 is 0 Å². The first kappa shape index (κ1) is 18.4. The molecule has 1 aromatic heterocycles. The van der Waals surface area contributed by atoms with Crippen LogP contribution in [0.15, 0.2) is 36.7 Å². The number of fused-ring (bicyclic) bond motifs is 1. The van der Waals surface area contributed by atoms with Crippen molar-refractivity contribution in [2.75, 3.05) is 5.75 Å². The third-order valence-corrected chi connectivity index (χ3v) is 5.64. The fourth-order valence-corrected chi connectivity index (χ4v) is 4.48. The van der Waals surface area contributed by atoms with Crippen LogP contribution in [0.4, 0.5) is 13.2 Å². The van der Waals surface area contributed by atoms with Crippen molar-refractivity contribution in [3.63, 3.8) is 0 Å². The number of hydrogen-bond acceptors (Lipinski definition) is 4. The first-order valence-corrected chi connectivity index (χ1v) is 9.63. The Hall–Kier alpha value is -2.36. The topological polar surface area (TPSA) is 81.1 Å². The Balaban J connectivity index is 1.73. The number of nitrogens with zero attached hydrogens (tertiary/aromatic N) is 2. The Bertz CT molecular complexity index is 922. The molecule has 0 aliphatic carbocycles. The molecule has 1 N–H and O–H groups in total. The molecule has 26 heavy (non-hydrogen) atoms. The van der Waals surface area contributed by atoms with Gasteiger partial charge in [-0.2, -0.15) is 18.3 Å². The van der Waals surface area contributed by atoms with Gasteiger partial charge in [-0.25, -0.2) is 8.42 Å². The predicted octanol–water partition coefficient (Wildman–Crippen LogP) is 2.23. The van der Waals surface area contributed by atoms with Crippen LogP contribution in [0.25, 0.3) is 0 Å². The maximum absolute atomic E-state index is 12.4. The minimum atomic E-state index is -4.31. The average Bonchev–Trinajstić information content (AvgIpc) is 3.00. The van der Waals surface area contributed by atoms with E-state index in [-0.39, 0.29) is 17.1 Å². The van der Waals surface area contributed by atoms with E-state index < -0.39 is 40.9 Å². The quantitative estimate of drug-likeness (QED) is 0.873. The van der Waals surface area contributed by atoms with E-state index in [0.29, 0.717) is 5.56 Å². The Morgan fingerprint density at radius 1 is 1.31 bits per heavy atom. The minimum Gasteiger partial charge on any atom is -0.344 e. The van der Waals surface area contributed by atoms with Gasteiger partial charge in [0.15, 0.2) is 9.84 Å². The first-order chi connectivity index (χ1) is 12.1. The summed E-state index contributed by atoms with van der Waals surface area (Å²) in [4.78, 5) is 12.4. The average molecular weight is 387 g/mol. The highest BCUT2D eigenvalue weighted by molar-refractivity contribution is 7.90. The number of carbonyl (C=O) groups is 1. The van der Waals surface area contributed by atoms with Crippen LogP contribution < -0.4 is 5.32 Å². The van der Waals surface area contributed by atoms with Gasteiger partial charge >= 0.3 is 6.18 Å². The molecular formula is C16H16F3N3O3S. The van der Waals surface area contributed by atoms with E-state index in [1.54, 1.807) is 24.3 Å². The zero-order valence-corrected chi connectivity index (χ0v) is 14.3. The van der Waals surface area contributed by atoms with Crippen LogP contribution in [0, 0.1) is 0 Å². The van der Waals surface area contributed by atoms with Crippen molar-refractivity contribution >= 4 is 15.7 Å². The predicted molar refractivity (Wildman–Crippen MR) is 87.0 cm³/mol. The largest absolute Gasteiger partial charge is 0.390 e. The fraction of sp³-hybridized carbons (Fsp3) is 0.375. The van der Waals surface area contributed by atoms with Crippen LogP contribution in [0.2, 0.25) is 0 Å². The number of aryl methyl sites for hydroxylation is 1. The molecule has 1 aliphatic rings. The summed E-state index contributed by atoms with van der Waals surface area (Å²) >= 11 is 0. The Labute approximate surface area is 147 Å². The van der Waals surface area contributed by atoms with Crippen molar-refractivity contribution < 1.29 is 26.4 Å². The molecular weight excluding hydrogens is 371 g/mol. The summed E-state index contributed by atoms with van der Waals surface area (Å²) in [5.41, 5.74) is 1.43. The number of aromatic nitrogens is 2. The van der Waals surface area contributed by atoms with Gasteiger partial charge in [0.25, 0.3) is 5.91 Å². The normalized spacial score (nSPS) is 19.0. The number of sulfone groups is 1. The zero-order valence-electron chi connectivity index (χ0n) is 13.5. The van der Waals surface area contributed by atoms with Crippen molar-refractivity contribution in [3.8, 4) is 0 Å². The molecule has 140 valence electrons. The van der Waals surface area contributed by atoms with Gasteiger partial charge in [-0.15, -0.1) is 0 Å². The summed E-state index contributed by atoms with van der Waals surface area (Å²) in [7, 11) is -3.35. The molecule has 1 amide bonds. The van der Waals surface area contributed by atoms with Gasteiger partial charge in [-0.1, -0.05) is 24.3 Å². The van der Waals surface area contributed by atoms with Gasteiger partial charge in [0.2, 0.25) is 0 Å². The van der Waals surface area contributed by atoms with Crippen molar-refractivity contribution in [2.45, 2.75) is 30.9 Å². The van der Waals surface area contributed by atoms with Gasteiger partial charge in [0, 0.05) is 12.7 Å². The zero-order chi connectivity index (χ0) is 18.9. The van der Waals surface area contributed by atoms with Crippen molar-refractivity contribution in [1.82, 2.24) is 15.1 Å². The highest BCUT2D eigenvalue weighted by Gasteiger charge is 2.31. The molecule has 0 spiro atoms. The van der Waals surface area contributed by atoms with Gasteiger partial charge in [-0.3, -0.25) is 9.48 Å². The standard InChI is InChI=1S/C16H16F3N3O3S/c17-16(18,19)5-6-22-8-12(7-20-22)15(23)21-14-10-26(24,25)9-11-3-1-2-4-13(11)14/h1-4,7-8,14H,5-6,9-10H2,(H,21,23). The molecule has 1 unspecified atom stereocenters. The molecule has 1 aromatic carbocycles. The molecule has 0 fully saturated rings. The summed E-state index contributed by atoms with van der Waals surface area (Å²) in [5, 5.41) is 6.38. The molecule has 1 aliphatic heterocycles. The lowest BCUT2D eigenvalue weighted by atomic mass is 10.0. The lowest BCUT2D eigenvalue weighted by Gasteiger charge is -2.26. The van der Waals surface area contributed by atoms with Crippen LogP contribution in [-0.2, 0) is 22.1 Å². The van der Waals surface area contributed by atoms with E-state index in [0.717, 1.165) is 16.4 Å². The highest BCUT2D eigenvalue weighted by Crippen LogP contribution is 2.28. The number of hydrogen-bond donors (Lipinski definition) is 1. The highest BCUT2D eigenvalue weighted by atomic mass is 32.2. The number of carbonyl (C=O) groups excluding carboxylic acids is 1. The Morgan fingerprint density at radius 3 is 2.77 bits per heavy atom. The second-order valence-electron chi connectivity index (χ2n) is 6.14. The van der Waals surface area contributed by atoms with Gasteiger partial charge < -0.3 is 5.32 Å². The van der Waals surface area contributed by atoms with Gasteiger partial charge in [-0.05, 0) is 11.1 Å². The number of rotatable bonds is 4. The van der Waals surface area contributed by atoms with E-state index in [1.807, 2.05) is 0 Å². The van der Waals surface area contributed by atoms with E-state index in [1.165, 1.54) is 6.20 Å². The van der Waals surface area contributed by atoms with Crippen molar-refractivity contribution in [2.24, 2.45) is 0 Å². The summed E-state index contributed by atoms with van der Waals surface area (Å²) in [5.74, 6) is -0.886. The maximum Gasteiger partial charge on any atom is 0.390 e. The van der Waals surface area contributed by atoms with Crippen molar-refractivity contribution in [1.29, 1.82) is 0 Å². The number of benzene rings is 1. The van der Waals surface area contributed by atoms with E-state index in [4.69, 9.17) is 0 Å². The Morgan fingerprint density at radius 2 is 2.04 bits per heavy atom. The minimum absolute atomic E-state index is 0.0765. The van der Waals surface area contributed by atoms with E-state index in [9.17, 15) is 26.4 Å². The van der Waals surface area contributed by atoms with E-state index in [2.05, 4.69) is 10.4 Å². The molecule has 10 heteroatoms. The molecule has 3 rings (SSSR count). The van der Waals surface area contributed by atoms with Gasteiger partial charge in [0.05, 0.1) is 35.7 Å². The Kier molecular flexibility index (Phi) is 4.78.